The number of benzene rings is 2. The van der Waals surface area contributed by atoms with Gasteiger partial charge in [-0.05, 0) is 13.0 Å². The lowest BCUT2D eigenvalue weighted by Crippen LogP contribution is -2.20. The minimum atomic E-state index is -0.266. The van der Waals surface area contributed by atoms with Gasteiger partial charge in [-0.2, -0.15) is 5.10 Å². The first-order valence-electron chi connectivity index (χ1n) is 9.84. The number of nitrogens with one attached hydrogen (secondary N) is 1. The van der Waals surface area contributed by atoms with Crippen molar-refractivity contribution in [2.75, 3.05) is 27.1 Å². The predicted octanol–water partition coefficient (Wildman–Crippen LogP) is 3.23. The fraction of sp³-hybridized carbons (Fsp3) is 0.273. The highest BCUT2D eigenvalue weighted by molar-refractivity contribution is 7.99. The van der Waals surface area contributed by atoms with E-state index in [1.54, 1.807) is 33.5 Å². The van der Waals surface area contributed by atoms with E-state index < -0.39 is 0 Å². The fourth-order valence-corrected chi connectivity index (χ4v) is 3.77. The van der Waals surface area contributed by atoms with Gasteiger partial charge in [-0.15, -0.1) is 10.2 Å². The number of thioether (sulfide) groups is 1. The molecule has 1 amide bonds. The molecule has 0 bridgehead atoms. The molecule has 0 atom stereocenters. The van der Waals surface area contributed by atoms with Crippen LogP contribution in [0.4, 0.5) is 0 Å². The Kier molecular flexibility index (Phi) is 8.09. The van der Waals surface area contributed by atoms with Crippen LogP contribution in [0.15, 0.2) is 52.7 Å². The molecule has 1 N–H and O–H groups in total. The summed E-state index contributed by atoms with van der Waals surface area (Å²) in [4.78, 5) is 12.3. The van der Waals surface area contributed by atoms with Crippen molar-refractivity contribution in [2.45, 2.75) is 18.6 Å². The zero-order valence-corrected chi connectivity index (χ0v) is 19.2. The summed E-state index contributed by atoms with van der Waals surface area (Å²) in [6, 6.07) is 13.2. The summed E-state index contributed by atoms with van der Waals surface area (Å²) in [5.41, 5.74) is 4.13. The van der Waals surface area contributed by atoms with E-state index in [4.69, 9.17) is 14.2 Å². The number of aromatic nitrogens is 3. The van der Waals surface area contributed by atoms with Crippen molar-refractivity contribution in [1.82, 2.24) is 20.2 Å². The van der Waals surface area contributed by atoms with E-state index in [0.717, 1.165) is 11.4 Å². The van der Waals surface area contributed by atoms with E-state index in [1.807, 2.05) is 41.8 Å². The zero-order valence-electron chi connectivity index (χ0n) is 18.4. The van der Waals surface area contributed by atoms with Crippen LogP contribution in [0.5, 0.6) is 17.2 Å². The number of rotatable bonds is 10. The van der Waals surface area contributed by atoms with Crippen LogP contribution in [0.2, 0.25) is 0 Å². The molecule has 1 heterocycles. The van der Waals surface area contributed by atoms with E-state index in [2.05, 4.69) is 20.7 Å². The van der Waals surface area contributed by atoms with Gasteiger partial charge in [-0.25, -0.2) is 5.43 Å². The van der Waals surface area contributed by atoms with Crippen LogP contribution in [0.3, 0.4) is 0 Å². The van der Waals surface area contributed by atoms with Gasteiger partial charge in [-0.1, -0.05) is 42.1 Å². The van der Waals surface area contributed by atoms with Gasteiger partial charge in [0.2, 0.25) is 0 Å². The monoisotopic (exact) mass is 455 g/mol. The third kappa shape index (κ3) is 5.38. The molecule has 0 aliphatic heterocycles. The molecular formula is C22H25N5O4S. The number of hydrogen-bond acceptors (Lipinski definition) is 8. The Morgan fingerprint density at radius 1 is 1.06 bits per heavy atom. The maximum absolute atomic E-state index is 12.3. The van der Waals surface area contributed by atoms with Gasteiger partial charge in [0.1, 0.15) is 5.75 Å². The molecule has 0 fully saturated rings. The SMILES string of the molecule is CCn1c(SCC(=O)NN=Cc2cc(OC)c(OC)cc2OC)nnc1-c1ccccc1. The van der Waals surface area contributed by atoms with Crippen LogP contribution in [0.25, 0.3) is 11.4 Å². The highest BCUT2D eigenvalue weighted by Crippen LogP contribution is 2.33. The number of methoxy groups -OCH3 is 3. The molecule has 1 aromatic heterocycles. The number of amides is 1. The molecule has 2 aromatic carbocycles. The first-order chi connectivity index (χ1) is 15.6. The number of carbonyl (C=O) groups excluding carboxylic acids is 1. The summed E-state index contributed by atoms with van der Waals surface area (Å²) in [7, 11) is 4.63. The van der Waals surface area contributed by atoms with Gasteiger partial charge in [0, 0.05) is 23.7 Å². The third-order valence-corrected chi connectivity index (χ3v) is 5.49. The zero-order chi connectivity index (χ0) is 22.9. The van der Waals surface area contributed by atoms with Crippen molar-refractivity contribution in [2.24, 2.45) is 5.10 Å². The second-order valence-corrected chi connectivity index (χ2v) is 7.39. The summed E-state index contributed by atoms with van der Waals surface area (Å²) >= 11 is 1.30. The van der Waals surface area contributed by atoms with Crippen LogP contribution < -0.4 is 19.6 Å². The molecule has 3 rings (SSSR count). The Labute approximate surface area is 190 Å². The molecule has 0 radical (unpaired) electrons. The Balaban J connectivity index is 1.63. The topological polar surface area (TPSA) is 99.9 Å². The number of nitrogens with zero attached hydrogens (tertiary/aromatic N) is 4. The van der Waals surface area contributed by atoms with E-state index in [9.17, 15) is 4.79 Å². The number of hydrazone groups is 1. The van der Waals surface area contributed by atoms with Crippen molar-refractivity contribution in [1.29, 1.82) is 0 Å². The molecular weight excluding hydrogens is 430 g/mol. The summed E-state index contributed by atoms with van der Waals surface area (Å²) in [5, 5.41) is 13.2. The minimum Gasteiger partial charge on any atom is -0.496 e. The van der Waals surface area contributed by atoms with Crippen molar-refractivity contribution in [3.05, 3.63) is 48.0 Å². The Morgan fingerprint density at radius 3 is 2.41 bits per heavy atom. The Bertz CT molecular complexity index is 1090. The Morgan fingerprint density at radius 2 is 1.75 bits per heavy atom. The van der Waals surface area contributed by atoms with Gasteiger partial charge in [-0.3, -0.25) is 4.79 Å². The van der Waals surface area contributed by atoms with E-state index in [1.165, 1.54) is 18.0 Å². The van der Waals surface area contributed by atoms with Crippen LogP contribution in [0, 0.1) is 0 Å². The Hall–Kier alpha value is -3.53. The standard InChI is InChI=1S/C22H25N5O4S/c1-5-27-21(15-9-7-6-8-10-15)25-26-22(27)32-14-20(28)24-23-13-16-11-18(30-3)19(31-4)12-17(16)29-2/h6-13H,5,14H2,1-4H3,(H,24,28). The van der Waals surface area contributed by atoms with Crippen molar-refractivity contribution >= 4 is 23.9 Å². The lowest BCUT2D eigenvalue weighted by molar-refractivity contribution is -0.118. The van der Waals surface area contributed by atoms with Crippen molar-refractivity contribution in [3.63, 3.8) is 0 Å². The van der Waals surface area contributed by atoms with E-state index >= 15 is 0 Å². The van der Waals surface area contributed by atoms with Gasteiger partial charge in [0.15, 0.2) is 22.5 Å². The highest BCUT2D eigenvalue weighted by Gasteiger charge is 2.14. The molecule has 0 aliphatic rings. The van der Waals surface area contributed by atoms with Gasteiger partial charge in [0.05, 0.1) is 33.3 Å². The first-order valence-corrected chi connectivity index (χ1v) is 10.8. The summed E-state index contributed by atoms with van der Waals surface area (Å²) in [6.45, 7) is 2.71. The minimum absolute atomic E-state index is 0.146. The van der Waals surface area contributed by atoms with Crippen LogP contribution in [-0.2, 0) is 11.3 Å². The number of ether oxygens (including phenoxy) is 3. The third-order valence-electron chi connectivity index (χ3n) is 4.53. The molecule has 0 saturated heterocycles. The lowest BCUT2D eigenvalue weighted by Gasteiger charge is -2.11. The summed E-state index contributed by atoms with van der Waals surface area (Å²) < 4.78 is 17.9. The van der Waals surface area contributed by atoms with Crippen LogP contribution >= 0.6 is 11.8 Å². The smallest absolute Gasteiger partial charge is 0.250 e. The summed E-state index contributed by atoms with van der Waals surface area (Å²) in [6.07, 6.45) is 1.49. The average Bonchev–Trinajstić information content (AvgIpc) is 3.25. The van der Waals surface area contributed by atoms with Gasteiger partial charge >= 0.3 is 0 Å². The molecule has 0 saturated carbocycles. The largest absolute Gasteiger partial charge is 0.496 e. The van der Waals surface area contributed by atoms with Gasteiger partial charge < -0.3 is 18.8 Å². The first kappa shape index (κ1) is 23.1. The van der Waals surface area contributed by atoms with Crippen LogP contribution in [0.1, 0.15) is 12.5 Å². The summed E-state index contributed by atoms with van der Waals surface area (Å²) in [5.74, 6) is 2.26. The molecule has 0 aliphatic carbocycles. The molecule has 168 valence electrons. The fourth-order valence-electron chi connectivity index (χ4n) is 2.97. The quantitative estimate of drug-likeness (QED) is 0.285. The predicted molar refractivity (Wildman–Crippen MR) is 124 cm³/mol. The highest BCUT2D eigenvalue weighted by atomic mass is 32.2. The molecule has 10 heteroatoms. The van der Waals surface area contributed by atoms with Crippen LogP contribution in [-0.4, -0.2) is 54.0 Å². The number of hydrogen-bond donors (Lipinski definition) is 1. The average molecular weight is 456 g/mol. The van der Waals surface area contributed by atoms with Crippen molar-refractivity contribution < 1.29 is 19.0 Å². The second-order valence-electron chi connectivity index (χ2n) is 6.45. The normalized spacial score (nSPS) is 10.9. The lowest BCUT2D eigenvalue weighted by atomic mass is 10.2. The molecule has 32 heavy (non-hydrogen) atoms. The maximum Gasteiger partial charge on any atom is 0.250 e. The molecule has 9 nitrogen and oxygen atoms in total. The second kappa shape index (κ2) is 11.2. The molecule has 3 aromatic rings. The van der Waals surface area contributed by atoms with Crippen molar-refractivity contribution in [3.8, 4) is 28.6 Å². The van der Waals surface area contributed by atoms with E-state index in [-0.39, 0.29) is 11.7 Å². The maximum atomic E-state index is 12.3. The number of carbonyl (C=O) groups is 1. The van der Waals surface area contributed by atoms with Gasteiger partial charge in [0.25, 0.3) is 5.91 Å². The van der Waals surface area contributed by atoms with E-state index in [0.29, 0.717) is 34.5 Å². The molecule has 0 spiro atoms. The molecule has 0 unspecified atom stereocenters.